The number of carbonyl (C=O) groups excluding carboxylic acids is 2. The van der Waals surface area contributed by atoms with Gasteiger partial charge < -0.3 is 15.6 Å². The van der Waals surface area contributed by atoms with Gasteiger partial charge in [-0.1, -0.05) is 46.8 Å². The number of carboxylic acids is 1. The molecule has 5 saturated carbocycles. The van der Waals surface area contributed by atoms with Crippen LogP contribution in [-0.4, -0.2) is 29.1 Å². The summed E-state index contributed by atoms with van der Waals surface area (Å²) in [6.07, 6.45) is 10.00. The zero-order valence-electron chi connectivity index (χ0n) is 27.6. The normalized spacial score (nSPS) is 45.9. The molecule has 5 fully saturated rings. The maximum atomic E-state index is 13.1. The molecule has 0 aromatic heterocycles. The van der Waals surface area contributed by atoms with E-state index >= 15 is 0 Å². The van der Waals surface area contributed by atoms with Gasteiger partial charge in [0.05, 0.1) is 17.3 Å². The Morgan fingerprint density at radius 3 is 2.14 bits per heavy atom. The number of allylic oxidation sites excluding steroid dienone is 1. The maximum Gasteiger partial charge on any atom is 0.309 e. The molecule has 236 valence electrons. The van der Waals surface area contributed by atoms with Gasteiger partial charge in [0.1, 0.15) is 6.10 Å². The van der Waals surface area contributed by atoms with E-state index < -0.39 is 17.4 Å². The van der Waals surface area contributed by atoms with E-state index in [-0.39, 0.29) is 45.5 Å². The molecule has 6 heteroatoms. The summed E-state index contributed by atoms with van der Waals surface area (Å²) >= 11 is 0. The molecular formula is C36H57NO5. The van der Waals surface area contributed by atoms with Gasteiger partial charge >= 0.3 is 11.9 Å². The first-order valence-electron chi connectivity index (χ1n) is 16.7. The summed E-state index contributed by atoms with van der Waals surface area (Å²) in [5.41, 5.74) is 6.18. The van der Waals surface area contributed by atoms with Crippen molar-refractivity contribution in [2.24, 2.45) is 67.8 Å². The standard InChI is InChI=1S/C36H57NO5/c1-21(2)22-12-17-36(29(37)39)19-18-34(8)23(28(22)36)10-11-25-33(7)15-14-26(42-27(38)20-31(3,4)30(40)41)32(5,6)24(33)13-16-35(25,34)9/h22-26,28H,1,10-20H2,2-9H3,(H2,37,39)(H,40,41)/t22-,23?,24-,25+,26-,28+,33-,34+,35+,36-/m0/s1. The Morgan fingerprint density at radius 1 is 0.881 bits per heavy atom. The average Bonchev–Trinajstić information content (AvgIpc) is 3.27. The van der Waals surface area contributed by atoms with Crippen LogP contribution in [0, 0.1) is 62.1 Å². The third kappa shape index (κ3) is 4.19. The van der Waals surface area contributed by atoms with Crippen LogP contribution in [0.15, 0.2) is 12.2 Å². The van der Waals surface area contributed by atoms with Gasteiger partial charge in [-0.15, -0.1) is 0 Å². The van der Waals surface area contributed by atoms with Crippen LogP contribution >= 0.6 is 0 Å². The Balaban J connectivity index is 1.42. The van der Waals surface area contributed by atoms with E-state index in [9.17, 15) is 19.5 Å². The van der Waals surface area contributed by atoms with Crippen molar-refractivity contribution in [1.29, 1.82) is 0 Å². The Morgan fingerprint density at radius 2 is 1.55 bits per heavy atom. The van der Waals surface area contributed by atoms with E-state index in [4.69, 9.17) is 10.5 Å². The van der Waals surface area contributed by atoms with Gasteiger partial charge in [0.2, 0.25) is 5.91 Å². The van der Waals surface area contributed by atoms with Crippen LogP contribution in [0.2, 0.25) is 0 Å². The lowest BCUT2D eigenvalue weighted by molar-refractivity contribution is -0.249. The fraction of sp³-hybridized carbons (Fsp3) is 0.861. The summed E-state index contributed by atoms with van der Waals surface area (Å²) in [7, 11) is 0. The number of carboxylic acid groups (broad SMARTS) is 1. The van der Waals surface area contributed by atoms with Crippen molar-refractivity contribution >= 4 is 17.8 Å². The molecule has 5 aliphatic carbocycles. The predicted molar refractivity (Wildman–Crippen MR) is 164 cm³/mol. The van der Waals surface area contributed by atoms with Crippen LogP contribution in [0.1, 0.15) is 126 Å². The van der Waals surface area contributed by atoms with Crippen molar-refractivity contribution in [3.63, 3.8) is 0 Å². The van der Waals surface area contributed by atoms with E-state index in [0.29, 0.717) is 29.6 Å². The number of esters is 1. The van der Waals surface area contributed by atoms with Crippen molar-refractivity contribution in [3.8, 4) is 0 Å². The number of primary amides is 1. The van der Waals surface area contributed by atoms with E-state index in [1.54, 1.807) is 13.8 Å². The number of ether oxygens (including phenoxy) is 1. The maximum absolute atomic E-state index is 13.1. The summed E-state index contributed by atoms with van der Waals surface area (Å²) in [6, 6.07) is 0. The van der Waals surface area contributed by atoms with Crippen molar-refractivity contribution in [3.05, 3.63) is 12.2 Å². The summed E-state index contributed by atoms with van der Waals surface area (Å²) < 4.78 is 6.11. The Labute approximate surface area is 254 Å². The minimum atomic E-state index is -1.14. The third-order valence-electron chi connectivity index (χ3n) is 14.9. The average molecular weight is 584 g/mol. The van der Waals surface area contributed by atoms with Gasteiger partial charge in [-0.25, -0.2) is 0 Å². The zero-order valence-corrected chi connectivity index (χ0v) is 27.6. The molecule has 0 bridgehead atoms. The highest BCUT2D eigenvalue weighted by molar-refractivity contribution is 5.82. The van der Waals surface area contributed by atoms with Crippen LogP contribution in [0.5, 0.6) is 0 Å². The molecule has 5 rings (SSSR count). The second-order valence-corrected chi connectivity index (χ2v) is 17.4. The Bertz CT molecular complexity index is 1170. The molecule has 0 spiro atoms. The third-order valence-corrected chi connectivity index (χ3v) is 14.9. The molecule has 5 aliphatic rings. The lowest BCUT2D eigenvalue weighted by Crippen LogP contribution is -2.67. The Kier molecular flexibility index (Phi) is 7.39. The van der Waals surface area contributed by atoms with Crippen LogP contribution < -0.4 is 5.73 Å². The zero-order chi connectivity index (χ0) is 31.3. The Hall–Kier alpha value is -1.85. The number of rotatable bonds is 6. The van der Waals surface area contributed by atoms with E-state index in [0.717, 1.165) is 57.8 Å². The van der Waals surface area contributed by atoms with Gasteiger partial charge in [0.25, 0.3) is 0 Å². The van der Waals surface area contributed by atoms with Crippen molar-refractivity contribution in [2.45, 2.75) is 132 Å². The summed E-state index contributed by atoms with van der Waals surface area (Å²) in [5.74, 6) is 0.688. The molecule has 10 atom stereocenters. The van der Waals surface area contributed by atoms with Gasteiger partial charge in [-0.3, -0.25) is 14.4 Å². The lowest BCUT2D eigenvalue weighted by Gasteiger charge is -2.72. The highest BCUT2D eigenvalue weighted by atomic mass is 16.5. The molecule has 6 nitrogen and oxygen atoms in total. The smallest absolute Gasteiger partial charge is 0.309 e. The van der Waals surface area contributed by atoms with Crippen LogP contribution in [0.3, 0.4) is 0 Å². The fourth-order valence-corrected chi connectivity index (χ4v) is 12.4. The van der Waals surface area contributed by atoms with Crippen molar-refractivity contribution in [2.75, 3.05) is 0 Å². The largest absolute Gasteiger partial charge is 0.481 e. The van der Waals surface area contributed by atoms with Crippen LogP contribution in [0.4, 0.5) is 0 Å². The predicted octanol–water partition coefficient (Wildman–Crippen LogP) is 7.54. The van der Waals surface area contributed by atoms with E-state index in [2.05, 4.69) is 48.1 Å². The monoisotopic (exact) mass is 583 g/mol. The molecule has 0 radical (unpaired) electrons. The molecular weight excluding hydrogens is 526 g/mol. The first-order valence-corrected chi connectivity index (χ1v) is 16.7. The minimum Gasteiger partial charge on any atom is -0.481 e. The molecule has 1 amide bonds. The number of hydrogen-bond acceptors (Lipinski definition) is 4. The first-order chi connectivity index (χ1) is 19.3. The number of hydrogen-bond donors (Lipinski definition) is 2. The van der Waals surface area contributed by atoms with Gasteiger partial charge in [0, 0.05) is 5.41 Å². The number of amides is 1. The molecule has 42 heavy (non-hydrogen) atoms. The molecule has 0 saturated heterocycles. The second kappa shape index (κ2) is 9.83. The highest BCUT2D eigenvalue weighted by Crippen LogP contribution is 2.77. The second-order valence-electron chi connectivity index (χ2n) is 17.4. The number of fused-ring (bicyclic) bond motifs is 7. The molecule has 0 aliphatic heterocycles. The fourth-order valence-electron chi connectivity index (χ4n) is 12.4. The molecule has 0 aromatic rings. The summed E-state index contributed by atoms with van der Waals surface area (Å²) in [4.78, 5) is 37.7. The minimum absolute atomic E-state index is 0.0809. The summed E-state index contributed by atoms with van der Waals surface area (Å²) in [5, 5.41) is 9.52. The molecule has 0 heterocycles. The highest BCUT2D eigenvalue weighted by Gasteiger charge is 2.71. The van der Waals surface area contributed by atoms with Crippen molar-refractivity contribution < 1.29 is 24.2 Å². The molecule has 0 aromatic carbocycles. The molecule has 1 unspecified atom stereocenters. The molecule has 3 N–H and O–H groups in total. The van der Waals surface area contributed by atoms with Crippen molar-refractivity contribution in [1.82, 2.24) is 0 Å². The lowest BCUT2D eigenvalue weighted by atomic mass is 9.32. The van der Waals surface area contributed by atoms with E-state index in [1.165, 1.54) is 12.0 Å². The number of aliphatic carboxylic acids is 1. The van der Waals surface area contributed by atoms with Crippen LogP contribution in [0.25, 0.3) is 0 Å². The SMILES string of the molecule is C=C(C)[C@@H]1CC[C@]2(C(N)=O)CC[C@]3(C)C(CC[C@@H]4[C@@]5(C)CC[C@H](OC(=O)CC(C)(C)C(=O)O)C(C)(C)[C@@H]5CC[C@]43C)[C@@H]12. The van der Waals surface area contributed by atoms with E-state index in [1.807, 2.05) is 0 Å². The van der Waals surface area contributed by atoms with Gasteiger partial charge in [0.15, 0.2) is 0 Å². The van der Waals surface area contributed by atoms with Crippen LogP contribution in [-0.2, 0) is 19.1 Å². The quantitative estimate of drug-likeness (QED) is 0.248. The summed E-state index contributed by atoms with van der Waals surface area (Å²) in [6.45, 7) is 22.0. The topological polar surface area (TPSA) is 107 Å². The first kappa shape index (κ1) is 31.6. The number of nitrogens with two attached hydrogens (primary N) is 1. The van der Waals surface area contributed by atoms with Gasteiger partial charge in [-0.05, 0) is 131 Å². The number of carbonyl (C=O) groups is 3. The van der Waals surface area contributed by atoms with Gasteiger partial charge in [-0.2, -0.15) is 0 Å².